The van der Waals surface area contributed by atoms with Gasteiger partial charge in [0.25, 0.3) is 0 Å². The summed E-state index contributed by atoms with van der Waals surface area (Å²) in [7, 11) is 0. The minimum absolute atomic E-state index is 0.240. The summed E-state index contributed by atoms with van der Waals surface area (Å²) >= 11 is 4.06. The molecule has 0 aromatic carbocycles. The first-order valence-electron chi connectivity index (χ1n) is 8.03. The first kappa shape index (κ1) is 16.6. The molecule has 0 unspecified atom stereocenters. The summed E-state index contributed by atoms with van der Waals surface area (Å²) in [5.41, 5.74) is 1.08. The standard InChI is InChI=1S/C16H25N3OS2/c20-16-10-19(9-13-3-1-2-5-17-13)6-4-15(16)18-14-11-21-7-8-22-12-14/h1-3,5,14-16,18,20H,4,6-12H2/t15-,16-/m1/s1. The van der Waals surface area contributed by atoms with Gasteiger partial charge in [-0.25, -0.2) is 0 Å². The minimum atomic E-state index is -0.282. The van der Waals surface area contributed by atoms with Crippen molar-refractivity contribution in [3.8, 4) is 0 Å². The van der Waals surface area contributed by atoms with Crippen LogP contribution >= 0.6 is 23.5 Å². The van der Waals surface area contributed by atoms with Crippen molar-refractivity contribution < 1.29 is 5.11 Å². The molecule has 0 bridgehead atoms. The summed E-state index contributed by atoms with van der Waals surface area (Å²) in [6.45, 7) is 2.60. The highest BCUT2D eigenvalue weighted by Gasteiger charge is 2.29. The number of hydrogen-bond donors (Lipinski definition) is 2. The molecule has 0 spiro atoms. The number of aliphatic hydroxyl groups is 1. The van der Waals surface area contributed by atoms with E-state index in [-0.39, 0.29) is 12.1 Å². The summed E-state index contributed by atoms with van der Waals surface area (Å²) in [6, 6.07) is 6.80. The van der Waals surface area contributed by atoms with E-state index in [1.165, 1.54) is 23.0 Å². The summed E-state index contributed by atoms with van der Waals surface area (Å²) in [4.78, 5) is 6.68. The quantitative estimate of drug-likeness (QED) is 0.866. The molecule has 6 heteroatoms. The second-order valence-corrected chi connectivity index (χ2v) is 8.33. The van der Waals surface area contributed by atoms with Gasteiger partial charge >= 0.3 is 0 Å². The van der Waals surface area contributed by atoms with E-state index in [0.29, 0.717) is 6.04 Å². The molecule has 0 saturated carbocycles. The Labute approximate surface area is 141 Å². The van der Waals surface area contributed by atoms with Crippen LogP contribution in [0.15, 0.2) is 24.4 Å². The Bertz CT molecular complexity index is 440. The zero-order chi connectivity index (χ0) is 15.2. The first-order chi connectivity index (χ1) is 10.8. The van der Waals surface area contributed by atoms with Crippen molar-refractivity contribution in [1.82, 2.24) is 15.2 Å². The molecule has 2 fully saturated rings. The van der Waals surface area contributed by atoms with Crippen LogP contribution in [0.1, 0.15) is 12.1 Å². The molecule has 4 nitrogen and oxygen atoms in total. The van der Waals surface area contributed by atoms with Crippen LogP contribution in [0.25, 0.3) is 0 Å². The lowest BCUT2D eigenvalue weighted by molar-refractivity contribution is 0.0342. The number of thioether (sulfide) groups is 2. The van der Waals surface area contributed by atoms with Crippen LogP contribution in [0.5, 0.6) is 0 Å². The maximum absolute atomic E-state index is 10.5. The van der Waals surface area contributed by atoms with Crippen LogP contribution in [-0.2, 0) is 6.54 Å². The van der Waals surface area contributed by atoms with Gasteiger partial charge in [0.15, 0.2) is 0 Å². The van der Waals surface area contributed by atoms with Gasteiger partial charge in [-0.3, -0.25) is 9.88 Å². The molecule has 2 aliphatic heterocycles. The minimum Gasteiger partial charge on any atom is -0.390 e. The summed E-state index contributed by atoms with van der Waals surface area (Å²) < 4.78 is 0. The van der Waals surface area contributed by atoms with E-state index in [4.69, 9.17) is 0 Å². The van der Waals surface area contributed by atoms with Crippen LogP contribution in [0.2, 0.25) is 0 Å². The molecule has 2 atom stereocenters. The van der Waals surface area contributed by atoms with Gasteiger partial charge in [0.2, 0.25) is 0 Å². The van der Waals surface area contributed by atoms with Crippen molar-refractivity contribution in [2.24, 2.45) is 0 Å². The van der Waals surface area contributed by atoms with E-state index >= 15 is 0 Å². The molecule has 3 rings (SSSR count). The largest absolute Gasteiger partial charge is 0.390 e. The molecular weight excluding hydrogens is 314 g/mol. The number of aromatic nitrogens is 1. The number of nitrogens with zero attached hydrogens (tertiary/aromatic N) is 2. The molecule has 0 amide bonds. The van der Waals surface area contributed by atoms with Crippen molar-refractivity contribution in [3.05, 3.63) is 30.1 Å². The first-order valence-corrected chi connectivity index (χ1v) is 10.3. The third-order valence-electron chi connectivity index (χ3n) is 4.24. The van der Waals surface area contributed by atoms with E-state index < -0.39 is 0 Å². The highest BCUT2D eigenvalue weighted by atomic mass is 32.2. The van der Waals surface area contributed by atoms with E-state index in [1.54, 1.807) is 0 Å². The Hall–Kier alpha value is -0.270. The number of pyridine rings is 1. The predicted octanol–water partition coefficient (Wildman–Crippen LogP) is 1.46. The Morgan fingerprint density at radius 2 is 2.09 bits per heavy atom. The van der Waals surface area contributed by atoms with Gasteiger partial charge in [-0.15, -0.1) is 0 Å². The van der Waals surface area contributed by atoms with Gasteiger partial charge in [0, 0.05) is 60.9 Å². The predicted molar refractivity (Wildman–Crippen MR) is 95.5 cm³/mol. The van der Waals surface area contributed by atoms with Crippen molar-refractivity contribution in [2.75, 3.05) is 36.1 Å². The van der Waals surface area contributed by atoms with E-state index in [0.717, 1.165) is 31.7 Å². The number of piperidine rings is 1. The van der Waals surface area contributed by atoms with Gasteiger partial charge in [-0.1, -0.05) is 6.07 Å². The van der Waals surface area contributed by atoms with E-state index in [9.17, 15) is 5.11 Å². The summed E-state index contributed by atoms with van der Waals surface area (Å²) in [6.07, 6.45) is 2.57. The monoisotopic (exact) mass is 339 g/mol. The zero-order valence-corrected chi connectivity index (χ0v) is 14.5. The number of hydrogen-bond acceptors (Lipinski definition) is 6. The molecule has 1 aromatic rings. The molecular formula is C16H25N3OS2. The highest BCUT2D eigenvalue weighted by Crippen LogP contribution is 2.19. The Morgan fingerprint density at radius 1 is 1.27 bits per heavy atom. The van der Waals surface area contributed by atoms with Gasteiger partial charge in [0.05, 0.1) is 11.8 Å². The van der Waals surface area contributed by atoms with Gasteiger partial charge in [-0.05, 0) is 18.6 Å². The molecule has 2 saturated heterocycles. The molecule has 0 aliphatic carbocycles. The fourth-order valence-corrected chi connectivity index (χ4v) is 5.49. The highest BCUT2D eigenvalue weighted by molar-refractivity contribution is 8.03. The second-order valence-electron chi connectivity index (χ2n) is 6.03. The van der Waals surface area contributed by atoms with Crippen LogP contribution in [0, 0.1) is 0 Å². The molecule has 3 heterocycles. The summed E-state index contributed by atoms with van der Waals surface area (Å²) in [5.74, 6) is 4.86. The van der Waals surface area contributed by atoms with Crippen LogP contribution in [0.3, 0.4) is 0 Å². The van der Waals surface area contributed by atoms with Gasteiger partial charge in [0.1, 0.15) is 0 Å². The SMILES string of the molecule is O[C@@H]1CN(Cc2ccccn2)CC[C@H]1NC1CSCCSC1. The number of aliphatic hydroxyl groups excluding tert-OH is 1. The van der Waals surface area contributed by atoms with E-state index in [1.807, 2.05) is 41.9 Å². The lowest BCUT2D eigenvalue weighted by Gasteiger charge is -2.37. The zero-order valence-electron chi connectivity index (χ0n) is 12.9. The van der Waals surface area contributed by atoms with Crippen molar-refractivity contribution in [2.45, 2.75) is 31.2 Å². The molecule has 122 valence electrons. The van der Waals surface area contributed by atoms with Crippen LogP contribution < -0.4 is 5.32 Å². The summed E-state index contributed by atoms with van der Waals surface area (Å²) in [5, 5.41) is 14.2. The number of β-amino-alcohol motifs (C(OH)–C–C–N with tert-alkyl or cyclic N) is 1. The number of rotatable bonds is 4. The molecule has 2 aliphatic rings. The maximum atomic E-state index is 10.5. The van der Waals surface area contributed by atoms with Crippen molar-refractivity contribution in [3.63, 3.8) is 0 Å². The average molecular weight is 340 g/mol. The molecule has 22 heavy (non-hydrogen) atoms. The van der Waals surface area contributed by atoms with Crippen LogP contribution in [-0.4, -0.2) is 69.3 Å². The molecule has 1 aromatic heterocycles. The third-order valence-corrected chi connectivity index (χ3v) is 6.76. The smallest absolute Gasteiger partial charge is 0.0820 e. The molecule has 0 radical (unpaired) electrons. The fraction of sp³-hybridized carbons (Fsp3) is 0.688. The number of nitrogens with one attached hydrogen (secondary N) is 1. The Morgan fingerprint density at radius 3 is 2.77 bits per heavy atom. The fourth-order valence-electron chi connectivity index (χ4n) is 3.07. The maximum Gasteiger partial charge on any atom is 0.0820 e. The third kappa shape index (κ3) is 4.86. The van der Waals surface area contributed by atoms with Gasteiger partial charge < -0.3 is 10.4 Å². The lowest BCUT2D eigenvalue weighted by atomic mass is 10.0. The van der Waals surface area contributed by atoms with Crippen molar-refractivity contribution >= 4 is 23.5 Å². The molecule has 2 N–H and O–H groups in total. The normalized spacial score (nSPS) is 28.4. The van der Waals surface area contributed by atoms with Crippen molar-refractivity contribution in [1.29, 1.82) is 0 Å². The Kier molecular flexibility index (Phi) is 6.44. The average Bonchev–Trinajstić information content (AvgIpc) is 2.80. The second kappa shape index (κ2) is 8.55. The van der Waals surface area contributed by atoms with Crippen LogP contribution in [0.4, 0.5) is 0 Å². The number of likely N-dealkylation sites (tertiary alicyclic amines) is 1. The Balaban J connectivity index is 1.47. The van der Waals surface area contributed by atoms with Gasteiger partial charge in [-0.2, -0.15) is 23.5 Å². The topological polar surface area (TPSA) is 48.4 Å². The van der Waals surface area contributed by atoms with E-state index in [2.05, 4.69) is 21.3 Å². The lowest BCUT2D eigenvalue weighted by Crippen LogP contribution is -2.55.